The third-order valence-electron chi connectivity index (χ3n) is 4.77. The minimum atomic E-state index is -0.0758. The maximum Gasteiger partial charge on any atom is 0.253 e. The number of thiazole rings is 1. The molecule has 0 aromatic carbocycles. The number of nitrogens with one attached hydrogen (secondary N) is 2. The molecule has 141 valence electrons. The van der Waals surface area contributed by atoms with Crippen LogP contribution in [-0.2, 0) is 0 Å². The van der Waals surface area contributed by atoms with Gasteiger partial charge in [-0.3, -0.25) is 9.78 Å². The highest BCUT2D eigenvalue weighted by atomic mass is 32.1. The summed E-state index contributed by atoms with van der Waals surface area (Å²) in [5, 5.41) is 9.26. The molecule has 0 bridgehead atoms. The minimum absolute atomic E-state index is 0.0758. The molecule has 0 saturated heterocycles. The molecule has 2 N–H and O–H groups in total. The van der Waals surface area contributed by atoms with Crippen LogP contribution in [-0.4, -0.2) is 34.3 Å². The molecule has 3 heterocycles. The van der Waals surface area contributed by atoms with Gasteiger partial charge in [-0.15, -0.1) is 11.3 Å². The van der Waals surface area contributed by atoms with Crippen molar-refractivity contribution in [3.63, 3.8) is 0 Å². The lowest BCUT2D eigenvalue weighted by Gasteiger charge is -2.22. The number of hydrogen-bond donors (Lipinski definition) is 2. The number of carbonyl (C=O) groups excluding carboxylic acids is 1. The molecule has 3 aromatic heterocycles. The molecule has 0 spiro atoms. The van der Waals surface area contributed by atoms with Crippen LogP contribution < -0.4 is 10.6 Å². The summed E-state index contributed by atoms with van der Waals surface area (Å²) in [6.45, 7) is 2.39. The zero-order chi connectivity index (χ0) is 19.3. The summed E-state index contributed by atoms with van der Waals surface area (Å²) in [6, 6.07) is 7.61. The van der Waals surface area contributed by atoms with Gasteiger partial charge < -0.3 is 15.1 Å². The molecule has 1 radical (unpaired) electrons. The van der Waals surface area contributed by atoms with Crippen LogP contribution in [0.4, 0.5) is 5.13 Å². The Balaban J connectivity index is 1.43. The Morgan fingerprint density at radius 1 is 1.29 bits per heavy atom. The van der Waals surface area contributed by atoms with Gasteiger partial charge in [0, 0.05) is 23.5 Å². The van der Waals surface area contributed by atoms with E-state index < -0.39 is 0 Å². The molecule has 6 nitrogen and oxygen atoms in total. The molecule has 0 atom stereocenters. The zero-order valence-electron chi connectivity index (χ0n) is 15.7. The number of pyridine rings is 1. The highest BCUT2D eigenvalue weighted by Gasteiger charge is 2.17. The van der Waals surface area contributed by atoms with Crippen LogP contribution in [0, 0.1) is 0 Å². The summed E-state index contributed by atoms with van der Waals surface area (Å²) in [4.78, 5) is 21.4. The Labute approximate surface area is 169 Å². The molecule has 3 aromatic rings. The van der Waals surface area contributed by atoms with E-state index in [2.05, 4.69) is 20.6 Å². The molecule has 28 heavy (non-hydrogen) atoms. The van der Waals surface area contributed by atoms with E-state index in [4.69, 9.17) is 0 Å². The van der Waals surface area contributed by atoms with Crippen molar-refractivity contribution in [2.45, 2.75) is 26.1 Å². The van der Waals surface area contributed by atoms with Crippen molar-refractivity contribution >= 4 is 29.8 Å². The predicted octanol–water partition coefficient (Wildman–Crippen LogP) is 3.80. The van der Waals surface area contributed by atoms with E-state index in [0.717, 1.165) is 35.1 Å². The molecule has 0 unspecified atom stereocenters. The minimum Gasteiger partial charge on any atom is -0.402 e. The van der Waals surface area contributed by atoms with Crippen LogP contribution in [0.1, 0.15) is 29.6 Å². The van der Waals surface area contributed by atoms with Crippen LogP contribution in [0.25, 0.3) is 11.4 Å². The van der Waals surface area contributed by atoms with E-state index in [1.54, 1.807) is 17.5 Å². The van der Waals surface area contributed by atoms with Gasteiger partial charge in [0.1, 0.15) is 5.69 Å². The van der Waals surface area contributed by atoms with Crippen molar-refractivity contribution in [2.75, 3.05) is 11.9 Å². The molecular weight excluding hydrogens is 369 g/mol. The van der Waals surface area contributed by atoms with Gasteiger partial charge >= 0.3 is 0 Å². The van der Waals surface area contributed by atoms with E-state index in [-0.39, 0.29) is 5.91 Å². The van der Waals surface area contributed by atoms with E-state index in [0.29, 0.717) is 12.1 Å². The smallest absolute Gasteiger partial charge is 0.253 e. The van der Waals surface area contributed by atoms with Gasteiger partial charge in [0.25, 0.3) is 5.91 Å². The van der Waals surface area contributed by atoms with Crippen molar-refractivity contribution in [3.05, 3.63) is 65.1 Å². The Bertz CT molecular complexity index is 989. The summed E-state index contributed by atoms with van der Waals surface area (Å²) < 4.78 is 1.87. The lowest BCUT2D eigenvalue weighted by molar-refractivity contribution is 0.0957. The van der Waals surface area contributed by atoms with Crippen molar-refractivity contribution in [1.29, 1.82) is 0 Å². The van der Waals surface area contributed by atoms with Gasteiger partial charge in [0.05, 0.1) is 17.8 Å². The fraction of sp³-hybridized carbons (Fsp3) is 0.250. The molecular formula is C20H21BN5OS. The zero-order valence-corrected chi connectivity index (χ0v) is 16.5. The average molecular weight is 390 g/mol. The third kappa shape index (κ3) is 4.17. The Kier molecular flexibility index (Phi) is 5.57. The molecule has 4 rings (SSSR count). The van der Waals surface area contributed by atoms with Crippen molar-refractivity contribution in [1.82, 2.24) is 19.8 Å². The maximum absolute atomic E-state index is 12.4. The Hall–Kier alpha value is -2.87. The second kappa shape index (κ2) is 8.43. The van der Waals surface area contributed by atoms with Gasteiger partial charge in [-0.05, 0) is 49.2 Å². The van der Waals surface area contributed by atoms with Crippen molar-refractivity contribution in [2.24, 2.45) is 0 Å². The number of amides is 1. The summed E-state index contributed by atoms with van der Waals surface area (Å²) in [5.74, 6) is -0.0758. The SMILES string of the molecule is C[B]n1ccc(C(=O)NCC(Nc2nc(-c3ccccn3)cs2)=C2CCC2)c1. The van der Waals surface area contributed by atoms with Crippen LogP contribution in [0.5, 0.6) is 0 Å². The molecule has 1 aliphatic rings. The first-order valence-corrected chi connectivity index (χ1v) is 10.2. The summed E-state index contributed by atoms with van der Waals surface area (Å²) in [5.41, 5.74) is 4.77. The quantitative estimate of drug-likeness (QED) is 0.602. The van der Waals surface area contributed by atoms with Gasteiger partial charge in [0.15, 0.2) is 5.13 Å². The predicted molar refractivity (Wildman–Crippen MR) is 114 cm³/mol. The highest BCUT2D eigenvalue weighted by Crippen LogP contribution is 2.31. The number of carbonyl (C=O) groups is 1. The topological polar surface area (TPSA) is 71.8 Å². The highest BCUT2D eigenvalue weighted by molar-refractivity contribution is 7.14. The average Bonchev–Trinajstić information content (AvgIpc) is 3.35. The largest absolute Gasteiger partial charge is 0.402 e. The second-order valence-electron chi connectivity index (χ2n) is 6.60. The number of rotatable bonds is 7. The monoisotopic (exact) mass is 390 g/mol. The number of aromatic nitrogens is 3. The fourth-order valence-corrected chi connectivity index (χ4v) is 3.71. The number of allylic oxidation sites excluding steroid dienone is 1. The van der Waals surface area contributed by atoms with Gasteiger partial charge in [0.2, 0.25) is 7.41 Å². The molecule has 0 aliphatic heterocycles. The lowest BCUT2D eigenvalue weighted by atomic mass is 9.90. The van der Waals surface area contributed by atoms with Gasteiger partial charge in [-0.1, -0.05) is 12.9 Å². The van der Waals surface area contributed by atoms with E-state index in [1.165, 1.54) is 12.0 Å². The summed E-state index contributed by atoms with van der Waals surface area (Å²) >= 11 is 1.55. The number of anilines is 1. The maximum atomic E-state index is 12.4. The first-order chi connectivity index (χ1) is 13.7. The van der Waals surface area contributed by atoms with Crippen LogP contribution >= 0.6 is 11.3 Å². The van der Waals surface area contributed by atoms with Gasteiger partial charge in [-0.2, -0.15) is 0 Å². The second-order valence-corrected chi connectivity index (χ2v) is 7.46. The Morgan fingerprint density at radius 3 is 2.86 bits per heavy atom. The van der Waals surface area contributed by atoms with Crippen LogP contribution in [0.15, 0.2) is 59.5 Å². The van der Waals surface area contributed by atoms with E-state index in [9.17, 15) is 4.79 Å². The van der Waals surface area contributed by atoms with E-state index >= 15 is 0 Å². The van der Waals surface area contributed by atoms with Crippen molar-refractivity contribution < 1.29 is 4.79 Å². The molecule has 1 saturated carbocycles. The van der Waals surface area contributed by atoms with Crippen LogP contribution in [0.2, 0.25) is 6.82 Å². The Morgan fingerprint density at radius 2 is 2.18 bits per heavy atom. The van der Waals surface area contributed by atoms with E-state index in [1.807, 2.05) is 60.8 Å². The molecule has 1 amide bonds. The van der Waals surface area contributed by atoms with Gasteiger partial charge in [-0.25, -0.2) is 4.98 Å². The molecule has 1 aliphatic carbocycles. The number of nitrogens with zero attached hydrogens (tertiary/aromatic N) is 3. The third-order valence-corrected chi connectivity index (χ3v) is 5.53. The number of hydrogen-bond acceptors (Lipinski definition) is 5. The molecule has 8 heteroatoms. The van der Waals surface area contributed by atoms with Crippen LogP contribution in [0.3, 0.4) is 0 Å². The normalized spacial score (nSPS) is 13.0. The lowest BCUT2D eigenvalue weighted by Crippen LogP contribution is -2.29. The summed E-state index contributed by atoms with van der Waals surface area (Å²) in [7, 11) is 1.90. The summed E-state index contributed by atoms with van der Waals surface area (Å²) in [6.07, 6.45) is 8.78. The van der Waals surface area contributed by atoms with Crippen molar-refractivity contribution in [3.8, 4) is 11.4 Å². The molecule has 1 fully saturated rings. The first-order valence-electron chi connectivity index (χ1n) is 9.33. The standard InChI is InChI=1S/C20H21BN5OS/c1-21-26-10-8-15(12-26)19(27)23-11-17(14-5-4-6-14)24-20-25-18(13-28-20)16-7-2-3-9-22-16/h2-3,7-10,12-13H,4-6,11H2,1H3,(H,23,27)(H,24,25). The first kappa shape index (κ1) is 18.5. The fourth-order valence-electron chi connectivity index (χ4n) is 2.98.